The predicted octanol–water partition coefficient (Wildman–Crippen LogP) is 2.61. The zero-order valence-corrected chi connectivity index (χ0v) is 16.8. The second kappa shape index (κ2) is 9.08. The van der Waals surface area contributed by atoms with Crippen LogP contribution in [-0.4, -0.2) is 60.4 Å². The summed E-state index contributed by atoms with van der Waals surface area (Å²) < 4.78 is 0. The van der Waals surface area contributed by atoms with Crippen LogP contribution in [-0.2, 0) is 4.79 Å². The lowest BCUT2D eigenvalue weighted by Crippen LogP contribution is -2.45. The van der Waals surface area contributed by atoms with Crippen molar-refractivity contribution in [3.63, 3.8) is 0 Å². The van der Waals surface area contributed by atoms with Gasteiger partial charge in [-0.25, -0.2) is 4.79 Å². The van der Waals surface area contributed by atoms with Crippen LogP contribution in [0.2, 0.25) is 0 Å². The van der Waals surface area contributed by atoms with Crippen LogP contribution in [0.5, 0.6) is 0 Å². The van der Waals surface area contributed by atoms with E-state index < -0.39 is 0 Å². The Balaban J connectivity index is 1.57. The van der Waals surface area contributed by atoms with E-state index in [0.29, 0.717) is 31.0 Å². The van der Waals surface area contributed by atoms with Gasteiger partial charge < -0.3 is 20.4 Å². The summed E-state index contributed by atoms with van der Waals surface area (Å²) in [5.41, 5.74) is 2.16. The number of carbonyl (C=O) groups is 3. The topological polar surface area (TPSA) is 81.8 Å². The molecule has 3 rings (SSSR count). The van der Waals surface area contributed by atoms with Gasteiger partial charge in [0.1, 0.15) is 0 Å². The molecule has 0 saturated carbocycles. The van der Waals surface area contributed by atoms with E-state index in [1.165, 1.54) is 0 Å². The highest BCUT2D eigenvalue weighted by molar-refractivity contribution is 5.96. The van der Waals surface area contributed by atoms with Crippen molar-refractivity contribution in [2.45, 2.75) is 39.5 Å². The van der Waals surface area contributed by atoms with Gasteiger partial charge in [0, 0.05) is 50.4 Å². The lowest BCUT2D eigenvalue weighted by atomic mass is 9.97. The van der Waals surface area contributed by atoms with E-state index >= 15 is 0 Å². The highest BCUT2D eigenvalue weighted by Crippen LogP contribution is 2.22. The van der Waals surface area contributed by atoms with Crippen molar-refractivity contribution >= 4 is 23.5 Å². The van der Waals surface area contributed by atoms with Gasteiger partial charge in [-0.2, -0.15) is 0 Å². The third-order valence-corrected chi connectivity index (χ3v) is 5.52. The van der Waals surface area contributed by atoms with E-state index in [2.05, 4.69) is 10.6 Å². The summed E-state index contributed by atoms with van der Waals surface area (Å²) in [6.07, 6.45) is 3.60. The van der Waals surface area contributed by atoms with Crippen LogP contribution in [0.4, 0.5) is 10.5 Å². The van der Waals surface area contributed by atoms with Crippen molar-refractivity contribution in [1.82, 2.24) is 15.1 Å². The normalized spacial score (nSPS) is 19.6. The Hall–Kier alpha value is -2.57. The van der Waals surface area contributed by atoms with Gasteiger partial charge in [0.15, 0.2) is 0 Å². The van der Waals surface area contributed by atoms with E-state index in [0.717, 1.165) is 50.1 Å². The van der Waals surface area contributed by atoms with Gasteiger partial charge in [0.2, 0.25) is 5.91 Å². The summed E-state index contributed by atoms with van der Waals surface area (Å²) in [6, 6.07) is 5.18. The van der Waals surface area contributed by atoms with Crippen LogP contribution >= 0.6 is 0 Å². The molecule has 2 aliphatic rings. The molecule has 2 saturated heterocycles. The minimum atomic E-state index is -0.119. The van der Waals surface area contributed by atoms with Gasteiger partial charge in [0.05, 0.1) is 0 Å². The Morgan fingerprint density at radius 2 is 2.04 bits per heavy atom. The van der Waals surface area contributed by atoms with E-state index in [1.54, 1.807) is 18.2 Å². The molecule has 0 aromatic heterocycles. The summed E-state index contributed by atoms with van der Waals surface area (Å²) in [5, 5.41) is 5.75. The first-order valence-corrected chi connectivity index (χ1v) is 10.2. The minimum Gasteiger partial charge on any atom is -0.352 e. The van der Waals surface area contributed by atoms with Gasteiger partial charge in [-0.1, -0.05) is 0 Å². The Bertz CT molecular complexity index is 749. The van der Waals surface area contributed by atoms with Gasteiger partial charge >= 0.3 is 6.03 Å². The first kappa shape index (κ1) is 20.2. The molecular weight excluding hydrogens is 356 g/mol. The van der Waals surface area contributed by atoms with Crippen LogP contribution in [0.25, 0.3) is 0 Å². The monoisotopic (exact) mass is 386 g/mol. The maximum Gasteiger partial charge on any atom is 0.321 e. The van der Waals surface area contributed by atoms with Crippen molar-refractivity contribution in [3.8, 4) is 0 Å². The highest BCUT2D eigenvalue weighted by Gasteiger charge is 2.28. The number of rotatable bonds is 5. The zero-order valence-electron chi connectivity index (χ0n) is 16.8. The summed E-state index contributed by atoms with van der Waals surface area (Å²) in [7, 11) is 0. The smallest absolute Gasteiger partial charge is 0.321 e. The molecule has 1 aromatic carbocycles. The molecule has 1 atom stereocenters. The number of anilines is 1. The number of piperidine rings is 1. The molecule has 28 heavy (non-hydrogen) atoms. The Morgan fingerprint density at radius 1 is 1.21 bits per heavy atom. The summed E-state index contributed by atoms with van der Waals surface area (Å²) in [6.45, 7) is 7.34. The number of aryl methyl sites for hydroxylation is 1. The maximum atomic E-state index is 12.7. The minimum absolute atomic E-state index is 0.112. The highest BCUT2D eigenvalue weighted by atomic mass is 16.2. The second-order valence-corrected chi connectivity index (χ2v) is 7.72. The number of hydrogen-bond donors (Lipinski definition) is 2. The number of benzene rings is 1. The van der Waals surface area contributed by atoms with Gasteiger partial charge in [-0.05, 0) is 62.8 Å². The molecule has 0 unspecified atom stereocenters. The average Bonchev–Trinajstić information content (AvgIpc) is 3.08. The molecule has 2 N–H and O–H groups in total. The fourth-order valence-corrected chi connectivity index (χ4v) is 4.01. The average molecular weight is 386 g/mol. The molecule has 1 aromatic rings. The Kier molecular flexibility index (Phi) is 6.54. The number of likely N-dealkylation sites (tertiary alicyclic amines) is 2. The molecule has 2 aliphatic heterocycles. The lowest BCUT2D eigenvalue weighted by molar-refractivity contribution is -0.128. The SMILES string of the molecule is CCNC(=O)c1ccc(NC(=O)N2CCC[C@@H](CN3CCCC3=O)C2)c(C)c1. The van der Waals surface area contributed by atoms with Crippen molar-refractivity contribution in [1.29, 1.82) is 0 Å². The number of amides is 4. The molecule has 152 valence electrons. The number of nitrogens with zero attached hydrogens (tertiary/aromatic N) is 2. The maximum absolute atomic E-state index is 12.7. The Labute approximate surface area is 166 Å². The predicted molar refractivity (Wildman–Crippen MR) is 108 cm³/mol. The summed E-state index contributed by atoms with van der Waals surface area (Å²) >= 11 is 0. The van der Waals surface area contributed by atoms with Crippen LogP contribution in [0, 0.1) is 12.8 Å². The van der Waals surface area contributed by atoms with E-state index in [1.807, 2.05) is 23.6 Å². The van der Waals surface area contributed by atoms with E-state index in [9.17, 15) is 14.4 Å². The standard InChI is InChI=1S/C21H30N4O3/c1-3-22-20(27)17-8-9-18(15(2)12-17)23-21(28)25-11-4-6-16(14-25)13-24-10-5-7-19(24)26/h8-9,12,16H,3-7,10-11,13-14H2,1-2H3,(H,22,27)(H,23,28)/t16-/m0/s1. The molecule has 2 fully saturated rings. The number of urea groups is 1. The number of hydrogen-bond acceptors (Lipinski definition) is 3. The van der Waals surface area contributed by atoms with Crippen LogP contribution < -0.4 is 10.6 Å². The second-order valence-electron chi connectivity index (χ2n) is 7.72. The molecular formula is C21H30N4O3. The zero-order chi connectivity index (χ0) is 20.1. The fourth-order valence-electron chi connectivity index (χ4n) is 4.01. The van der Waals surface area contributed by atoms with Crippen LogP contribution in [0.3, 0.4) is 0 Å². The van der Waals surface area contributed by atoms with Crippen LogP contribution in [0.15, 0.2) is 18.2 Å². The molecule has 7 nitrogen and oxygen atoms in total. The molecule has 0 spiro atoms. The Morgan fingerprint density at radius 3 is 2.71 bits per heavy atom. The third kappa shape index (κ3) is 4.82. The van der Waals surface area contributed by atoms with Crippen LogP contribution in [0.1, 0.15) is 48.5 Å². The third-order valence-electron chi connectivity index (χ3n) is 5.52. The lowest BCUT2D eigenvalue weighted by Gasteiger charge is -2.34. The fraction of sp³-hybridized carbons (Fsp3) is 0.571. The molecule has 7 heteroatoms. The largest absolute Gasteiger partial charge is 0.352 e. The van der Waals surface area contributed by atoms with E-state index in [-0.39, 0.29) is 17.8 Å². The number of carbonyl (C=O) groups excluding carboxylic acids is 3. The molecule has 2 heterocycles. The van der Waals surface area contributed by atoms with Crippen molar-refractivity contribution < 1.29 is 14.4 Å². The van der Waals surface area contributed by atoms with E-state index in [4.69, 9.17) is 0 Å². The molecule has 0 bridgehead atoms. The first-order chi connectivity index (χ1) is 13.5. The van der Waals surface area contributed by atoms with Gasteiger partial charge in [-0.15, -0.1) is 0 Å². The quantitative estimate of drug-likeness (QED) is 0.816. The molecule has 0 aliphatic carbocycles. The first-order valence-electron chi connectivity index (χ1n) is 10.2. The summed E-state index contributed by atoms with van der Waals surface area (Å²) in [5.74, 6) is 0.464. The van der Waals surface area contributed by atoms with Crippen molar-refractivity contribution in [3.05, 3.63) is 29.3 Å². The van der Waals surface area contributed by atoms with Gasteiger partial charge in [-0.3, -0.25) is 9.59 Å². The summed E-state index contributed by atoms with van der Waals surface area (Å²) in [4.78, 5) is 40.3. The molecule has 4 amide bonds. The number of nitrogens with one attached hydrogen (secondary N) is 2. The van der Waals surface area contributed by atoms with Crippen molar-refractivity contribution in [2.75, 3.05) is 38.0 Å². The molecule has 0 radical (unpaired) electrons. The van der Waals surface area contributed by atoms with Gasteiger partial charge in [0.25, 0.3) is 5.91 Å². The van der Waals surface area contributed by atoms with Crippen molar-refractivity contribution in [2.24, 2.45) is 5.92 Å².